The highest BCUT2D eigenvalue weighted by Crippen LogP contribution is 2.33. The molecular weight excluding hydrogens is 310 g/mol. The molecular formula is C17H21N3O4. The number of carbonyl (C=O) groups is 2. The molecule has 128 valence electrons. The maximum atomic E-state index is 12.3. The van der Waals surface area contributed by atoms with Crippen molar-refractivity contribution >= 4 is 28.7 Å². The number of hydrogen-bond donors (Lipinski definition) is 2. The van der Waals surface area contributed by atoms with Crippen molar-refractivity contribution in [2.75, 3.05) is 33.0 Å². The van der Waals surface area contributed by atoms with Crippen LogP contribution in [0.15, 0.2) is 28.9 Å². The zero-order valence-corrected chi connectivity index (χ0v) is 14.0. The summed E-state index contributed by atoms with van der Waals surface area (Å²) < 4.78 is 5.24. The van der Waals surface area contributed by atoms with Gasteiger partial charge in [0.05, 0.1) is 31.5 Å². The van der Waals surface area contributed by atoms with Crippen LogP contribution in [-0.2, 0) is 9.59 Å². The molecule has 7 heteroatoms. The minimum Gasteiger partial charge on any atom is -0.494 e. The number of nitrogens with two attached hydrogens (primary N) is 1. The Kier molecular flexibility index (Phi) is 5.35. The van der Waals surface area contributed by atoms with Gasteiger partial charge in [-0.05, 0) is 18.6 Å². The van der Waals surface area contributed by atoms with Crippen molar-refractivity contribution in [3.8, 4) is 5.75 Å². The number of aliphatic hydroxyl groups excluding tert-OH is 1. The van der Waals surface area contributed by atoms with Crippen molar-refractivity contribution in [1.29, 1.82) is 0 Å². The van der Waals surface area contributed by atoms with Crippen LogP contribution in [0.5, 0.6) is 5.75 Å². The Balaban J connectivity index is 2.38. The van der Waals surface area contributed by atoms with E-state index in [0.29, 0.717) is 17.1 Å². The van der Waals surface area contributed by atoms with E-state index >= 15 is 0 Å². The van der Waals surface area contributed by atoms with Gasteiger partial charge in [-0.2, -0.15) is 0 Å². The Morgan fingerprint density at radius 2 is 2.08 bits per heavy atom. The van der Waals surface area contributed by atoms with Crippen molar-refractivity contribution in [2.24, 2.45) is 4.99 Å². The number of ketones is 2. The Labute approximate surface area is 140 Å². The lowest BCUT2D eigenvalue weighted by Gasteiger charge is -2.23. The van der Waals surface area contributed by atoms with Crippen LogP contribution in [0.25, 0.3) is 0 Å². The summed E-state index contributed by atoms with van der Waals surface area (Å²) >= 11 is 0. The molecule has 24 heavy (non-hydrogen) atoms. The number of rotatable bonds is 5. The number of benzene rings is 1. The molecule has 0 saturated heterocycles. The third-order valence-electron chi connectivity index (χ3n) is 3.84. The first-order chi connectivity index (χ1) is 11.4. The first kappa shape index (κ1) is 17.7. The minimum atomic E-state index is -0.328. The largest absolute Gasteiger partial charge is 0.494 e. The van der Waals surface area contributed by atoms with Gasteiger partial charge in [0, 0.05) is 31.4 Å². The highest BCUT2D eigenvalue weighted by Gasteiger charge is 2.27. The smallest absolute Gasteiger partial charge is 0.202 e. The number of nitrogen functional groups attached to an aromatic ring is 1. The van der Waals surface area contributed by atoms with E-state index in [2.05, 4.69) is 4.99 Å². The molecule has 0 atom stereocenters. The summed E-state index contributed by atoms with van der Waals surface area (Å²) in [5.74, 6) is -0.0978. The van der Waals surface area contributed by atoms with Crippen molar-refractivity contribution in [3.63, 3.8) is 0 Å². The van der Waals surface area contributed by atoms with E-state index in [4.69, 9.17) is 15.6 Å². The van der Waals surface area contributed by atoms with E-state index < -0.39 is 0 Å². The molecule has 0 unspecified atom stereocenters. The molecule has 0 bridgehead atoms. The quantitative estimate of drug-likeness (QED) is 0.780. The first-order valence-corrected chi connectivity index (χ1v) is 7.50. The lowest BCUT2D eigenvalue weighted by Crippen LogP contribution is -2.33. The fourth-order valence-electron chi connectivity index (χ4n) is 2.39. The minimum absolute atomic E-state index is 0.0903. The number of allylic oxidation sites excluding steroid dienone is 2. The molecule has 0 saturated carbocycles. The molecule has 2 rings (SSSR count). The summed E-state index contributed by atoms with van der Waals surface area (Å²) in [5, 5.41) is 8.96. The molecule has 7 nitrogen and oxygen atoms in total. The molecule has 0 aromatic heterocycles. The maximum Gasteiger partial charge on any atom is 0.202 e. The van der Waals surface area contributed by atoms with E-state index in [9.17, 15) is 9.59 Å². The molecule has 1 aromatic rings. The van der Waals surface area contributed by atoms with Crippen LogP contribution < -0.4 is 10.5 Å². The fourth-order valence-corrected chi connectivity index (χ4v) is 2.39. The van der Waals surface area contributed by atoms with Crippen molar-refractivity contribution < 1.29 is 19.4 Å². The molecule has 1 aliphatic rings. The zero-order valence-electron chi connectivity index (χ0n) is 14.0. The van der Waals surface area contributed by atoms with Gasteiger partial charge in [0.25, 0.3) is 0 Å². The number of likely N-dealkylation sites (N-methyl/N-ethyl adjacent to an activating group) is 1. The standard InChI is InChI=1S/C17H21N3O4/c1-10-6-13(17(24-3)7-11(10)18)19-12-8-16(23)14(9-15(12)22)20(2)4-5-21/h6-7,9,21H,4-5,8,18H2,1-3H3. The van der Waals surface area contributed by atoms with Crippen LogP contribution in [0.4, 0.5) is 11.4 Å². The second-order valence-corrected chi connectivity index (χ2v) is 5.58. The van der Waals surface area contributed by atoms with Crippen molar-refractivity contribution in [1.82, 2.24) is 4.90 Å². The normalized spacial score (nSPS) is 16.3. The van der Waals surface area contributed by atoms with Gasteiger partial charge in [-0.15, -0.1) is 0 Å². The average Bonchev–Trinajstić information content (AvgIpc) is 2.53. The van der Waals surface area contributed by atoms with Crippen LogP contribution in [-0.4, -0.2) is 54.6 Å². The summed E-state index contributed by atoms with van der Waals surface area (Å²) in [6.45, 7) is 2.01. The molecule has 0 spiro atoms. The van der Waals surface area contributed by atoms with Gasteiger partial charge in [-0.3, -0.25) is 9.59 Å². The predicted molar refractivity (Wildman–Crippen MR) is 91.7 cm³/mol. The first-order valence-electron chi connectivity index (χ1n) is 7.50. The van der Waals surface area contributed by atoms with Gasteiger partial charge in [0.1, 0.15) is 11.4 Å². The maximum absolute atomic E-state index is 12.3. The Morgan fingerprint density at radius 1 is 1.38 bits per heavy atom. The van der Waals surface area contributed by atoms with E-state index in [0.717, 1.165) is 5.56 Å². The monoisotopic (exact) mass is 331 g/mol. The Hall–Kier alpha value is -2.67. The Morgan fingerprint density at radius 3 is 2.71 bits per heavy atom. The molecule has 1 aliphatic carbocycles. The van der Waals surface area contributed by atoms with Crippen molar-refractivity contribution in [2.45, 2.75) is 13.3 Å². The zero-order chi connectivity index (χ0) is 17.9. The molecule has 0 heterocycles. The number of aliphatic hydroxyl groups is 1. The number of methoxy groups -OCH3 is 1. The highest BCUT2D eigenvalue weighted by molar-refractivity contribution is 6.50. The van der Waals surface area contributed by atoms with Gasteiger partial charge >= 0.3 is 0 Å². The van der Waals surface area contributed by atoms with Gasteiger partial charge in [0.15, 0.2) is 5.78 Å². The number of aliphatic imine (C=N–C) groups is 1. The summed E-state index contributed by atoms with van der Waals surface area (Å²) in [7, 11) is 3.14. The average molecular weight is 331 g/mol. The highest BCUT2D eigenvalue weighted by atomic mass is 16.5. The van der Waals surface area contributed by atoms with Gasteiger partial charge in [-0.25, -0.2) is 4.99 Å². The fraction of sp³-hybridized carbons (Fsp3) is 0.353. The number of nitrogens with zero attached hydrogens (tertiary/aromatic N) is 2. The van der Waals surface area contributed by atoms with Crippen LogP contribution in [0.2, 0.25) is 0 Å². The number of carbonyl (C=O) groups excluding carboxylic acids is 2. The number of ether oxygens (including phenoxy) is 1. The van der Waals surface area contributed by atoms with E-state index in [1.807, 2.05) is 6.92 Å². The second kappa shape index (κ2) is 7.27. The summed E-state index contributed by atoms with van der Waals surface area (Å²) in [5.41, 5.74) is 8.12. The van der Waals surface area contributed by atoms with Crippen LogP contribution in [0.1, 0.15) is 12.0 Å². The van der Waals surface area contributed by atoms with E-state index in [-0.39, 0.29) is 42.5 Å². The second-order valence-electron chi connectivity index (χ2n) is 5.58. The van der Waals surface area contributed by atoms with Gasteiger partial charge in [0.2, 0.25) is 5.78 Å². The van der Waals surface area contributed by atoms with Gasteiger partial charge < -0.3 is 20.5 Å². The third kappa shape index (κ3) is 3.62. The molecule has 0 aliphatic heterocycles. The van der Waals surface area contributed by atoms with Crippen LogP contribution in [0, 0.1) is 6.92 Å². The molecule has 0 amide bonds. The van der Waals surface area contributed by atoms with Crippen molar-refractivity contribution in [3.05, 3.63) is 29.5 Å². The van der Waals surface area contributed by atoms with Gasteiger partial charge in [-0.1, -0.05) is 0 Å². The third-order valence-corrected chi connectivity index (χ3v) is 3.84. The summed E-state index contributed by atoms with van der Waals surface area (Å²) in [4.78, 5) is 30.4. The Bertz CT molecular complexity index is 738. The number of anilines is 1. The summed E-state index contributed by atoms with van der Waals surface area (Å²) in [6, 6.07) is 3.36. The number of aryl methyl sites for hydroxylation is 1. The van der Waals surface area contributed by atoms with E-state index in [1.54, 1.807) is 24.1 Å². The van der Waals surface area contributed by atoms with Crippen LogP contribution in [0.3, 0.4) is 0 Å². The topological polar surface area (TPSA) is 105 Å². The lowest BCUT2D eigenvalue weighted by molar-refractivity contribution is -0.118. The molecule has 0 fully saturated rings. The molecule has 3 N–H and O–H groups in total. The van der Waals surface area contributed by atoms with Crippen LogP contribution >= 0.6 is 0 Å². The number of hydrogen-bond acceptors (Lipinski definition) is 7. The molecule has 1 aromatic carbocycles. The summed E-state index contributed by atoms with van der Waals surface area (Å²) in [6.07, 6.45) is 1.17. The molecule has 0 radical (unpaired) electrons. The van der Waals surface area contributed by atoms with E-state index in [1.165, 1.54) is 13.2 Å². The predicted octanol–water partition coefficient (Wildman–Crippen LogP) is 1.01. The number of Topliss-reactive ketones (excluding diaryl/α,β-unsaturated/α-hetero) is 1. The SMILES string of the molecule is COc1cc(N)c(C)cc1N=C1CC(=O)C(N(C)CCO)=CC1=O. The lowest BCUT2D eigenvalue weighted by atomic mass is 9.98.